The number of methoxy groups -OCH3 is 1. The van der Waals surface area contributed by atoms with Gasteiger partial charge in [0, 0.05) is 11.1 Å². The summed E-state index contributed by atoms with van der Waals surface area (Å²) in [5, 5.41) is 10.7. The average Bonchev–Trinajstić information content (AvgIpc) is 3.07. The number of nitrogens with one attached hydrogen (secondary N) is 2. The van der Waals surface area contributed by atoms with Crippen LogP contribution in [-0.4, -0.2) is 29.3 Å². The first kappa shape index (κ1) is 16.0. The van der Waals surface area contributed by atoms with E-state index in [9.17, 15) is 4.79 Å². The van der Waals surface area contributed by atoms with Gasteiger partial charge in [0.05, 0.1) is 25.4 Å². The Hall–Kier alpha value is -2.86. The third-order valence-corrected chi connectivity index (χ3v) is 3.71. The molecule has 0 aliphatic carbocycles. The minimum atomic E-state index is -0.575. The summed E-state index contributed by atoms with van der Waals surface area (Å²) in [6.07, 6.45) is 1.16. The number of ether oxygens (including phenoxy) is 2. The number of carbonyl (C=O) groups is 1. The number of fused-ring (bicyclic) bond motifs is 1. The van der Waals surface area contributed by atoms with Crippen LogP contribution in [-0.2, 0) is 16.1 Å². The Balaban J connectivity index is 1.57. The topological polar surface area (TPSA) is 76.2 Å². The zero-order valence-electron chi connectivity index (χ0n) is 13.6. The highest BCUT2D eigenvalue weighted by Gasteiger charge is 2.14. The Bertz CT molecular complexity index is 844. The van der Waals surface area contributed by atoms with Crippen LogP contribution in [0.3, 0.4) is 0 Å². The first-order valence-electron chi connectivity index (χ1n) is 7.64. The average molecular weight is 325 g/mol. The molecule has 6 heteroatoms. The van der Waals surface area contributed by atoms with Gasteiger partial charge in [0.15, 0.2) is 0 Å². The number of H-pyrrole nitrogens is 1. The SMILES string of the molecule is COc1cccc(COC(C)C(=O)Nc2ccc3cn[nH]c3c2)c1. The predicted octanol–water partition coefficient (Wildman–Crippen LogP) is 3.12. The lowest BCUT2D eigenvalue weighted by Gasteiger charge is -2.14. The molecule has 0 aliphatic heterocycles. The first-order chi connectivity index (χ1) is 11.7. The second kappa shape index (κ2) is 7.14. The summed E-state index contributed by atoms with van der Waals surface area (Å²) >= 11 is 0. The van der Waals surface area contributed by atoms with Crippen LogP contribution in [0.4, 0.5) is 5.69 Å². The standard InChI is InChI=1S/C18H19N3O3/c1-12(24-11-13-4-3-5-16(8-13)23-2)18(22)20-15-7-6-14-10-19-21-17(14)9-15/h3-10,12H,11H2,1-2H3,(H,19,21)(H,20,22). The Kier molecular flexibility index (Phi) is 4.77. The molecule has 0 saturated carbocycles. The van der Waals surface area contributed by atoms with Crippen molar-refractivity contribution in [2.75, 3.05) is 12.4 Å². The molecule has 1 heterocycles. The van der Waals surface area contributed by atoms with E-state index in [0.717, 1.165) is 22.2 Å². The molecule has 1 unspecified atom stereocenters. The molecule has 1 amide bonds. The second-order valence-electron chi connectivity index (χ2n) is 5.47. The number of carbonyl (C=O) groups excluding carboxylic acids is 1. The fourth-order valence-electron chi connectivity index (χ4n) is 2.32. The molecular weight excluding hydrogens is 306 g/mol. The maximum absolute atomic E-state index is 12.2. The molecule has 3 rings (SSSR count). The molecule has 2 aromatic carbocycles. The summed E-state index contributed by atoms with van der Waals surface area (Å²) in [6, 6.07) is 13.2. The number of benzene rings is 2. The number of aromatic amines is 1. The molecule has 0 radical (unpaired) electrons. The predicted molar refractivity (Wildman–Crippen MR) is 92.0 cm³/mol. The molecule has 2 N–H and O–H groups in total. The van der Waals surface area contributed by atoms with Crippen LogP contribution < -0.4 is 10.1 Å². The highest BCUT2D eigenvalue weighted by atomic mass is 16.5. The first-order valence-corrected chi connectivity index (χ1v) is 7.64. The van der Waals surface area contributed by atoms with E-state index >= 15 is 0 Å². The summed E-state index contributed by atoms with van der Waals surface area (Å²) in [6.45, 7) is 2.07. The van der Waals surface area contributed by atoms with Crippen LogP contribution >= 0.6 is 0 Å². The quantitative estimate of drug-likeness (QED) is 0.730. The fraction of sp³-hybridized carbons (Fsp3) is 0.222. The zero-order valence-corrected chi connectivity index (χ0v) is 13.6. The monoisotopic (exact) mass is 325 g/mol. The third kappa shape index (κ3) is 3.72. The minimum Gasteiger partial charge on any atom is -0.497 e. The van der Waals surface area contributed by atoms with E-state index in [-0.39, 0.29) is 5.91 Å². The largest absolute Gasteiger partial charge is 0.497 e. The van der Waals surface area contributed by atoms with E-state index in [1.54, 1.807) is 20.2 Å². The molecule has 124 valence electrons. The summed E-state index contributed by atoms with van der Waals surface area (Å²) in [5.41, 5.74) is 2.53. The van der Waals surface area contributed by atoms with E-state index in [1.807, 2.05) is 42.5 Å². The van der Waals surface area contributed by atoms with Gasteiger partial charge in [-0.2, -0.15) is 5.10 Å². The fourth-order valence-corrected chi connectivity index (χ4v) is 2.32. The number of nitrogens with zero attached hydrogens (tertiary/aromatic N) is 1. The number of hydrogen-bond donors (Lipinski definition) is 2. The van der Waals surface area contributed by atoms with E-state index in [1.165, 1.54) is 0 Å². The zero-order chi connectivity index (χ0) is 16.9. The number of rotatable bonds is 6. The van der Waals surface area contributed by atoms with Gasteiger partial charge in [-0.05, 0) is 42.8 Å². The van der Waals surface area contributed by atoms with Crippen LogP contribution in [0.5, 0.6) is 5.75 Å². The number of amides is 1. The molecule has 1 aromatic heterocycles. The molecule has 0 fully saturated rings. The molecule has 0 spiro atoms. The lowest BCUT2D eigenvalue weighted by Crippen LogP contribution is -2.27. The van der Waals surface area contributed by atoms with Crippen molar-refractivity contribution in [2.45, 2.75) is 19.6 Å². The lowest BCUT2D eigenvalue weighted by atomic mass is 10.2. The highest BCUT2D eigenvalue weighted by molar-refractivity contribution is 5.95. The van der Waals surface area contributed by atoms with Gasteiger partial charge in [-0.15, -0.1) is 0 Å². The third-order valence-electron chi connectivity index (χ3n) is 3.71. The van der Waals surface area contributed by atoms with Crippen molar-refractivity contribution in [3.63, 3.8) is 0 Å². The van der Waals surface area contributed by atoms with Crippen molar-refractivity contribution in [1.82, 2.24) is 10.2 Å². The molecule has 1 atom stereocenters. The van der Waals surface area contributed by atoms with Crippen LogP contribution in [0, 0.1) is 0 Å². The van der Waals surface area contributed by atoms with Crippen molar-refractivity contribution >= 4 is 22.5 Å². The Morgan fingerprint density at radius 3 is 3.00 bits per heavy atom. The Labute approximate surface area is 139 Å². The highest BCUT2D eigenvalue weighted by Crippen LogP contribution is 2.17. The molecule has 3 aromatic rings. The van der Waals surface area contributed by atoms with Crippen molar-refractivity contribution < 1.29 is 14.3 Å². The second-order valence-corrected chi connectivity index (χ2v) is 5.47. The Morgan fingerprint density at radius 1 is 1.29 bits per heavy atom. The van der Waals surface area contributed by atoms with Crippen molar-refractivity contribution in [1.29, 1.82) is 0 Å². The van der Waals surface area contributed by atoms with Gasteiger partial charge in [0.2, 0.25) is 0 Å². The smallest absolute Gasteiger partial charge is 0.253 e. The Morgan fingerprint density at radius 2 is 2.17 bits per heavy atom. The van der Waals surface area contributed by atoms with Gasteiger partial charge in [-0.25, -0.2) is 0 Å². The van der Waals surface area contributed by atoms with Gasteiger partial charge in [-0.1, -0.05) is 12.1 Å². The number of aromatic nitrogens is 2. The normalized spacial score (nSPS) is 12.1. The maximum atomic E-state index is 12.2. The summed E-state index contributed by atoms with van der Waals surface area (Å²) in [5.74, 6) is 0.567. The molecule has 24 heavy (non-hydrogen) atoms. The van der Waals surface area contributed by atoms with Gasteiger partial charge >= 0.3 is 0 Å². The van der Waals surface area contributed by atoms with E-state index in [2.05, 4.69) is 15.5 Å². The van der Waals surface area contributed by atoms with Gasteiger partial charge in [0.25, 0.3) is 5.91 Å². The van der Waals surface area contributed by atoms with Crippen LogP contribution in [0.2, 0.25) is 0 Å². The van der Waals surface area contributed by atoms with Gasteiger partial charge in [0.1, 0.15) is 11.9 Å². The number of anilines is 1. The number of hydrogen-bond acceptors (Lipinski definition) is 4. The molecule has 0 aliphatic rings. The van der Waals surface area contributed by atoms with Crippen molar-refractivity contribution in [3.05, 3.63) is 54.2 Å². The maximum Gasteiger partial charge on any atom is 0.253 e. The lowest BCUT2D eigenvalue weighted by molar-refractivity contribution is -0.127. The van der Waals surface area contributed by atoms with E-state index in [4.69, 9.17) is 9.47 Å². The molecule has 0 saturated heterocycles. The minimum absolute atomic E-state index is 0.197. The summed E-state index contributed by atoms with van der Waals surface area (Å²) in [7, 11) is 1.62. The van der Waals surface area contributed by atoms with Crippen LogP contribution in [0.25, 0.3) is 10.9 Å². The van der Waals surface area contributed by atoms with Crippen molar-refractivity contribution in [2.24, 2.45) is 0 Å². The molecule has 0 bridgehead atoms. The van der Waals surface area contributed by atoms with E-state index < -0.39 is 6.10 Å². The molecule has 6 nitrogen and oxygen atoms in total. The summed E-state index contributed by atoms with van der Waals surface area (Å²) < 4.78 is 10.8. The van der Waals surface area contributed by atoms with Crippen LogP contribution in [0.15, 0.2) is 48.7 Å². The van der Waals surface area contributed by atoms with Gasteiger partial charge in [-0.3, -0.25) is 9.89 Å². The van der Waals surface area contributed by atoms with Crippen molar-refractivity contribution in [3.8, 4) is 5.75 Å². The van der Waals surface area contributed by atoms with Crippen LogP contribution in [0.1, 0.15) is 12.5 Å². The molecular formula is C18H19N3O3. The summed E-state index contributed by atoms with van der Waals surface area (Å²) in [4.78, 5) is 12.2. The van der Waals surface area contributed by atoms with E-state index in [0.29, 0.717) is 12.3 Å². The van der Waals surface area contributed by atoms with Gasteiger partial charge < -0.3 is 14.8 Å².